The van der Waals surface area contributed by atoms with E-state index in [0.717, 1.165) is 0 Å². The highest BCUT2D eigenvalue weighted by atomic mass is 16.5. The molecule has 1 rings (SSSR count). The molecule has 0 spiro atoms. The molecule has 3 nitrogen and oxygen atoms in total. The minimum Gasteiger partial charge on any atom is -0.491 e. The number of rotatable bonds is 6. The van der Waals surface area contributed by atoms with Crippen molar-refractivity contribution in [3.8, 4) is 5.75 Å². The van der Waals surface area contributed by atoms with E-state index in [9.17, 15) is 9.90 Å². The molecule has 16 heavy (non-hydrogen) atoms. The third-order valence-corrected chi connectivity index (χ3v) is 2.41. The second kappa shape index (κ2) is 6.28. The van der Waals surface area contributed by atoms with Gasteiger partial charge in [-0.2, -0.15) is 0 Å². The average Bonchev–Trinajstić information content (AvgIpc) is 2.35. The molecule has 1 N–H and O–H groups in total. The summed E-state index contributed by atoms with van der Waals surface area (Å²) in [6.07, 6.45) is 0.748. The van der Waals surface area contributed by atoms with Gasteiger partial charge in [-0.1, -0.05) is 13.8 Å². The fourth-order valence-electron chi connectivity index (χ4n) is 1.25. The lowest BCUT2D eigenvalue weighted by molar-refractivity contribution is 0.0986. The van der Waals surface area contributed by atoms with Gasteiger partial charge in [0, 0.05) is 12.0 Å². The van der Waals surface area contributed by atoms with E-state index in [-0.39, 0.29) is 12.4 Å². The first-order chi connectivity index (χ1) is 7.67. The SMILES string of the molecule is CCC(=O)c1ccc(OCC(O)CC)cc1. The van der Waals surface area contributed by atoms with Gasteiger partial charge in [-0.15, -0.1) is 0 Å². The van der Waals surface area contributed by atoms with E-state index in [1.54, 1.807) is 24.3 Å². The van der Waals surface area contributed by atoms with Crippen molar-refractivity contribution in [3.63, 3.8) is 0 Å². The molecule has 1 aromatic rings. The molecule has 88 valence electrons. The van der Waals surface area contributed by atoms with E-state index < -0.39 is 6.10 Å². The lowest BCUT2D eigenvalue weighted by Crippen LogP contribution is -2.15. The molecule has 0 radical (unpaired) electrons. The van der Waals surface area contributed by atoms with Crippen LogP contribution in [-0.4, -0.2) is 23.6 Å². The third-order valence-electron chi connectivity index (χ3n) is 2.41. The van der Waals surface area contributed by atoms with E-state index in [0.29, 0.717) is 24.2 Å². The van der Waals surface area contributed by atoms with Crippen LogP contribution in [0.2, 0.25) is 0 Å². The maximum atomic E-state index is 11.4. The van der Waals surface area contributed by atoms with Crippen molar-refractivity contribution in [2.45, 2.75) is 32.8 Å². The van der Waals surface area contributed by atoms with Crippen LogP contribution in [0.15, 0.2) is 24.3 Å². The van der Waals surface area contributed by atoms with E-state index in [4.69, 9.17) is 4.74 Å². The van der Waals surface area contributed by atoms with Gasteiger partial charge in [0.05, 0.1) is 6.10 Å². The molecule has 1 atom stereocenters. The maximum Gasteiger partial charge on any atom is 0.162 e. The molecule has 0 bridgehead atoms. The van der Waals surface area contributed by atoms with Gasteiger partial charge in [0.2, 0.25) is 0 Å². The Hall–Kier alpha value is -1.35. The largest absolute Gasteiger partial charge is 0.491 e. The smallest absolute Gasteiger partial charge is 0.162 e. The molecule has 0 amide bonds. The van der Waals surface area contributed by atoms with E-state index in [2.05, 4.69) is 0 Å². The van der Waals surface area contributed by atoms with Crippen LogP contribution in [-0.2, 0) is 0 Å². The molecule has 0 aliphatic carbocycles. The molecular formula is C13H18O3. The molecule has 0 aromatic heterocycles. The number of ketones is 1. The topological polar surface area (TPSA) is 46.5 Å². The minimum atomic E-state index is -0.433. The lowest BCUT2D eigenvalue weighted by Gasteiger charge is -2.10. The molecule has 3 heteroatoms. The Morgan fingerprint density at radius 3 is 2.44 bits per heavy atom. The number of aliphatic hydroxyl groups is 1. The summed E-state index contributed by atoms with van der Waals surface area (Å²) in [6.45, 7) is 4.03. The zero-order valence-electron chi connectivity index (χ0n) is 9.77. The minimum absolute atomic E-state index is 0.125. The zero-order valence-corrected chi connectivity index (χ0v) is 9.77. The van der Waals surface area contributed by atoms with Crippen molar-refractivity contribution in [3.05, 3.63) is 29.8 Å². The second-order valence-electron chi connectivity index (χ2n) is 3.67. The molecule has 0 saturated heterocycles. The van der Waals surface area contributed by atoms with E-state index in [1.807, 2.05) is 13.8 Å². The number of hydrogen-bond acceptors (Lipinski definition) is 3. The Labute approximate surface area is 96.1 Å². The average molecular weight is 222 g/mol. The zero-order chi connectivity index (χ0) is 12.0. The molecule has 1 aromatic carbocycles. The van der Waals surface area contributed by atoms with Crippen molar-refractivity contribution in [2.75, 3.05) is 6.61 Å². The summed E-state index contributed by atoms with van der Waals surface area (Å²) in [5.41, 5.74) is 0.700. The van der Waals surface area contributed by atoms with Gasteiger partial charge in [0.25, 0.3) is 0 Å². The number of hydrogen-bond donors (Lipinski definition) is 1. The predicted molar refractivity (Wildman–Crippen MR) is 62.9 cm³/mol. The van der Waals surface area contributed by atoms with Gasteiger partial charge in [-0.05, 0) is 30.7 Å². The Bertz CT molecular complexity index is 330. The van der Waals surface area contributed by atoms with E-state index >= 15 is 0 Å². The first-order valence-electron chi connectivity index (χ1n) is 5.61. The van der Waals surface area contributed by atoms with Crippen LogP contribution in [0.1, 0.15) is 37.0 Å². The van der Waals surface area contributed by atoms with Gasteiger partial charge >= 0.3 is 0 Å². The summed E-state index contributed by atoms with van der Waals surface area (Å²) in [5.74, 6) is 0.806. The Morgan fingerprint density at radius 2 is 1.94 bits per heavy atom. The Balaban J connectivity index is 2.54. The summed E-state index contributed by atoms with van der Waals surface area (Å²) in [5, 5.41) is 9.32. The molecule has 0 saturated carbocycles. The van der Waals surface area contributed by atoms with Crippen LogP contribution in [0.4, 0.5) is 0 Å². The Kier molecular flexibility index (Phi) is 4.99. The molecule has 1 unspecified atom stereocenters. The monoisotopic (exact) mass is 222 g/mol. The fourth-order valence-corrected chi connectivity index (χ4v) is 1.25. The molecule has 0 fully saturated rings. The maximum absolute atomic E-state index is 11.4. The van der Waals surface area contributed by atoms with Crippen LogP contribution in [0.3, 0.4) is 0 Å². The fraction of sp³-hybridized carbons (Fsp3) is 0.462. The van der Waals surface area contributed by atoms with Crippen molar-refractivity contribution in [1.82, 2.24) is 0 Å². The van der Waals surface area contributed by atoms with Crippen LogP contribution in [0.5, 0.6) is 5.75 Å². The van der Waals surface area contributed by atoms with Crippen LogP contribution in [0.25, 0.3) is 0 Å². The summed E-state index contributed by atoms with van der Waals surface area (Å²) in [7, 11) is 0. The second-order valence-corrected chi connectivity index (χ2v) is 3.67. The number of carbonyl (C=O) groups excluding carboxylic acids is 1. The number of Topliss-reactive ketones (excluding diaryl/α,β-unsaturated/α-hetero) is 1. The van der Waals surface area contributed by atoms with Crippen LogP contribution < -0.4 is 4.74 Å². The predicted octanol–water partition coefficient (Wildman–Crippen LogP) is 2.43. The lowest BCUT2D eigenvalue weighted by atomic mass is 10.1. The summed E-state index contributed by atoms with van der Waals surface area (Å²) >= 11 is 0. The van der Waals surface area contributed by atoms with Gasteiger partial charge in [-0.3, -0.25) is 4.79 Å². The summed E-state index contributed by atoms with van der Waals surface area (Å²) in [6, 6.07) is 7.01. The van der Waals surface area contributed by atoms with E-state index in [1.165, 1.54) is 0 Å². The highest BCUT2D eigenvalue weighted by Crippen LogP contribution is 2.13. The summed E-state index contributed by atoms with van der Waals surface area (Å²) < 4.78 is 5.37. The van der Waals surface area contributed by atoms with Crippen molar-refractivity contribution < 1.29 is 14.6 Å². The number of benzene rings is 1. The van der Waals surface area contributed by atoms with Crippen LogP contribution >= 0.6 is 0 Å². The molecule has 0 heterocycles. The van der Waals surface area contributed by atoms with Crippen LogP contribution in [0, 0.1) is 0 Å². The first kappa shape index (κ1) is 12.7. The summed E-state index contributed by atoms with van der Waals surface area (Å²) in [4.78, 5) is 11.4. The molecule has 0 aliphatic rings. The van der Waals surface area contributed by atoms with Crippen molar-refractivity contribution >= 4 is 5.78 Å². The highest BCUT2D eigenvalue weighted by Gasteiger charge is 2.04. The molecule has 0 aliphatic heterocycles. The van der Waals surface area contributed by atoms with Crippen molar-refractivity contribution in [2.24, 2.45) is 0 Å². The van der Waals surface area contributed by atoms with Gasteiger partial charge in [0.1, 0.15) is 12.4 Å². The van der Waals surface area contributed by atoms with Gasteiger partial charge in [-0.25, -0.2) is 0 Å². The number of carbonyl (C=O) groups is 1. The van der Waals surface area contributed by atoms with Crippen molar-refractivity contribution in [1.29, 1.82) is 0 Å². The normalized spacial score (nSPS) is 12.2. The Morgan fingerprint density at radius 1 is 1.31 bits per heavy atom. The third kappa shape index (κ3) is 3.66. The number of ether oxygens (including phenoxy) is 1. The molecular weight excluding hydrogens is 204 g/mol. The highest BCUT2D eigenvalue weighted by molar-refractivity contribution is 5.95. The van der Waals surface area contributed by atoms with Gasteiger partial charge < -0.3 is 9.84 Å². The standard InChI is InChI=1S/C13H18O3/c1-3-11(14)9-16-12-7-5-10(6-8-12)13(15)4-2/h5-8,11,14H,3-4,9H2,1-2H3. The van der Waals surface area contributed by atoms with Gasteiger partial charge in [0.15, 0.2) is 5.78 Å². The first-order valence-corrected chi connectivity index (χ1v) is 5.61. The quantitative estimate of drug-likeness (QED) is 0.752. The number of aliphatic hydroxyl groups excluding tert-OH is 1.